The van der Waals surface area contributed by atoms with Crippen LogP contribution in [0.15, 0.2) is 58.2 Å². The number of carbonyl (C=O) groups is 2. The van der Waals surface area contributed by atoms with Crippen molar-refractivity contribution < 1.29 is 23.8 Å². The summed E-state index contributed by atoms with van der Waals surface area (Å²) in [5.41, 5.74) is 2.56. The van der Waals surface area contributed by atoms with E-state index in [1.165, 1.54) is 0 Å². The highest BCUT2D eigenvalue weighted by Crippen LogP contribution is 2.45. The number of nitrogens with zero attached hydrogens (tertiary/aromatic N) is 1. The Morgan fingerprint density at radius 2 is 1.82 bits per heavy atom. The molecule has 1 unspecified atom stereocenters. The molecule has 0 saturated carbocycles. The van der Waals surface area contributed by atoms with Crippen LogP contribution >= 0.6 is 15.9 Å². The number of rotatable bonds is 4. The molecule has 1 atom stereocenters. The van der Waals surface area contributed by atoms with Gasteiger partial charge in [-0.3, -0.25) is 9.69 Å². The van der Waals surface area contributed by atoms with E-state index in [1.807, 2.05) is 30.3 Å². The van der Waals surface area contributed by atoms with Crippen LogP contribution in [-0.4, -0.2) is 32.7 Å². The molecule has 4 rings (SSSR count). The van der Waals surface area contributed by atoms with Gasteiger partial charge in [-0.05, 0) is 30.3 Å². The lowest BCUT2D eigenvalue weighted by Crippen LogP contribution is -2.37. The lowest BCUT2D eigenvalue weighted by Gasteiger charge is -2.32. The Balaban J connectivity index is 1.83. The lowest BCUT2D eigenvalue weighted by atomic mass is 9.83. The van der Waals surface area contributed by atoms with E-state index in [2.05, 4.69) is 15.9 Å². The smallest absolute Gasteiger partial charge is 0.336 e. The first-order valence-corrected chi connectivity index (χ1v) is 9.53. The summed E-state index contributed by atoms with van der Waals surface area (Å²) >= 11 is 3.40. The normalized spacial score (nSPS) is 18.8. The van der Waals surface area contributed by atoms with Gasteiger partial charge in [0.1, 0.15) is 18.1 Å². The van der Waals surface area contributed by atoms with Crippen molar-refractivity contribution in [3.8, 4) is 11.5 Å². The minimum Gasteiger partial charge on any atom is -0.497 e. The minimum atomic E-state index is -0.426. The maximum absolute atomic E-state index is 13.1. The summed E-state index contributed by atoms with van der Waals surface area (Å²) in [6.07, 6.45) is 0.146. The monoisotopic (exact) mass is 443 g/mol. The topological polar surface area (TPSA) is 65.1 Å². The Morgan fingerprint density at radius 3 is 2.50 bits per heavy atom. The number of anilines is 1. The van der Waals surface area contributed by atoms with Crippen molar-refractivity contribution in [2.75, 3.05) is 25.7 Å². The van der Waals surface area contributed by atoms with E-state index < -0.39 is 11.9 Å². The third-order valence-corrected chi connectivity index (χ3v) is 5.55. The van der Waals surface area contributed by atoms with Gasteiger partial charge in [0, 0.05) is 34.1 Å². The van der Waals surface area contributed by atoms with Crippen molar-refractivity contribution in [1.82, 2.24) is 0 Å². The third kappa shape index (κ3) is 3.05. The number of hydrogen-bond donors (Lipinski definition) is 0. The van der Waals surface area contributed by atoms with Gasteiger partial charge in [0.25, 0.3) is 0 Å². The average molecular weight is 444 g/mol. The average Bonchev–Trinajstić information content (AvgIpc) is 3.09. The predicted molar refractivity (Wildman–Crippen MR) is 107 cm³/mol. The van der Waals surface area contributed by atoms with Gasteiger partial charge in [-0.25, -0.2) is 4.79 Å². The molecule has 2 heterocycles. The van der Waals surface area contributed by atoms with Gasteiger partial charge < -0.3 is 14.2 Å². The molecule has 0 bridgehead atoms. The first kappa shape index (κ1) is 18.6. The number of carbonyl (C=O) groups excluding carboxylic acids is 2. The fourth-order valence-corrected chi connectivity index (χ4v) is 3.98. The molecule has 0 aliphatic carbocycles. The van der Waals surface area contributed by atoms with Crippen molar-refractivity contribution in [1.29, 1.82) is 0 Å². The molecule has 6 nitrogen and oxygen atoms in total. The summed E-state index contributed by atoms with van der Waals surface area (Å²) in [7, 11) is 3.13. The van der Waals surface area contributed by atoms with E-state index in [0.29, 0.717) is 28.5 Å². The van der Waals surface area contributed by atoms with Crippen LogP contribution in [-0.2, 0) is 14.3 Å². The first-order chi connectivity index (χ1) is 13.5. The molecule has 7 heteroatoms. The summed E-state index contributed by atoms with van der Waals surface area (Å²) in [4.78, 5) is 27.2. The van der Waals surface area contributed by atoms with E-state index in [0.717, 1.165) is 10.0 Å². The van der Waals surface area contributed by atoms with Gasteiger partial charge in [-0.1, -0.05) is 22.0 Å². The van der Waals surface area contributed by atoms with Crippen LogP contribution in [0.5, 0.6) is 11.5 Å². The minimum absolute atomic E-state index is 0.0743. The number of ether oxygens (including phenoxy) is 3. The molecule has 28 heavy (non-hydrogen) atoms. The number of cyclic esters (lactones) is 1. The van der Waals surface area contributed by atoms with Crippen molar-refractivity contribution in [2.45, 2.75) is 12.3 Å². The van der Waals surface area contributed by atoms with Crippen molar-refractivity contribution in [3.05, 3.63) is 63.8 Å². The molecule has 0 radical (unpaired) electrons. The SMILES string of the molecule is COc1ccc(C2CC(=O)N(c3ccc(Br)cc3)C3=C2C(=O)OC3)c(OC)c1. The number of hydrogen-bond acceptors (Lipinski definition) is 5. The third-order valence-electron chi connectivity index (χ3n) is 5.02. The van der Waals surface area contributed by atoms with Crippen molar-refractivity contribution in [2.24, 2.45) is 0 Å². The van der Waals surface area contributed by atoms with E-state index in [1.54, 1.807) is 31.3 Å². The highest BCUT2D eigenvalue weighted by atomic mass is 79.9. The van der Waals surface area contributed by atoms with E-state index >= 15 is 0 Å². The molecule has 1 amide bonds. The fourth-order valence-electron chi connectivity index (χ4n) is 3.72. The second-order valence-corrected chi connectivity index (χ2v) is 7.42. The molecule has 2 aromatic rings. The number of amides is 1. The van der Waals surface area contributed by atoms with Gasteiger partial charge in [-0.15, -0.1) is 0 Å². The quantitative estimate of drug-likeness (QED) is 0.672. The Morgan fingerprint density at radius 1 is 1.07 bits per heavy atom. The molecule has 2 aliphatic rings. The molecular weight excluding hydrogens is 426 g/mol. The van der Waals surface area contributed by atoms with Crippen LogP contribution in [0.2, 0.25) is 0 Å². The van der Waals surface area contributed by atoms with E-state index in [9.17, 15) is 9.59 Å². The lowest BCUT2D eigenvalue weighted by molar-refractivity contribution is -0.136. The standard InChI is InChI=1S/C21H18BrNO5/c1-26-14-7-8-15(18(9-14)27-2)16-10-19(24)23(13-5-3-12(22)4-6-13)17-11-28-21(25)20(16)17/h3-9,16H,10-11H2,1-2H3. The number of esters is 1. The number of halogens is 1. The van der Waals surface area contributed by atoms with Crippen LogP contribution in [0.1, 0.15) is 17.9 Å². The van der Waals surface area contributed by atoms with Gasteiger partial charge in [0.15, 0.2) is 0 Å². The van der Waals surface area contributed by atoms with E-state index in [4.69, 9.17) is 14.2 Å². The molecule has 2 aliphatic heterocycles. The van der Waals surface area contributed by atoms with Gasteiger partial charge in [-0.2, -0.15) is 0 Å². The fraction of sp³-hybridized carbons (Fsp3) is 0.238. The van der Waals surface area contributed by atoms with Gasteiger partial charge >= 0.3 is 5.97 Å². The molecule has 0 aromatic heterocycles. The maximum Gasteiger partial charge on any atom is 0.336 e. The molecule has 0 saturated heterocycles. The number of methoxy groups -OCH3 is 2. The second-order valence-electron chi connectivity index (χ2n) is 6.51. The Kier molecular flexibility index (Phi) is 4.85. The van der Waals surface area contributed by atoms with Crippen LogP contribution in [0, 0.1) is 0 Å². The highest BCUT2D eigenvalue weighted by Gasteiger charge is 2.43. The molecular formula is C21H18BrNO5. The zero-order valence-electron chi connectivity index (χ0n) is 15.4. The van der Waals surface area contributed by atoms with Crippen LogP contribution in [0.3, 0.4) is 0 Å². The summed E-state index contributed by atoms with van der Waals surface area (Å²) in [5, 5.41) is 0. The summed E-state index contributed by atoms with van der Waals surface area (Å²) < 4.78 is 17.0. The largest absolute Gasteiger partial charge is 0.497 e. The molecule has 0 fully saturated rings. The predicted octanol–water partition coefficient (Wildman–Crippen LogP) is 3.80. The summed E-state index contributed by atoms with van der Waals surface area (Å²) in [6, 6.07) is 12.8. The summed E-state index contributed by atoms with van der Waals surface area (Å²) in [6.45, 7) is 0.0743. The van der Waals surface area contributed by atoms with Gasteiger partial charge in [0.2, 0.25) is 5.91 Å². The van der Waals surface area contributed by atoms with E-state index in [-0.39, 0.29) is 18.9 Å². The van der Waals surface area contributed by atoms with Crippen LogP contribution in [0.4, 0.5) is 5.69 Å². The molecule has 0 N–H and O–H groups in total. The van der Waals surface area contributed by atoms with Crippen LogP contribution < -0.4 is 14.4 Å². The van der Waals surface area contributed by atoms with Crippen molar-refractivity contribution in [3.63, 3.8) is 0 Å². The molecule has 144 valence electrons. The number of benzene rings is 2. The second kappa shape index (κ2) is 7.31. The Bertz CT molecular complexity index is 983. The highest BCUT2D eigenvalue weighted by molar-refractivity contribution is 9.10. The zero-order chi connectivity index (χ0) is 19.8. The molecule has 2 aromatic carbocycles. The van der Waals surface area contributed by atoms with Crippen molar-refractivity contribution >= 4 is 33.5 Å². The van der Waals surface area contributed by atoms with Gasteiger partial charge in [0.05, 0.1) is 25.5 Å². The Hall–Kier alpha value is -2.80. The zero-order valence-corrected chi connectivity index (χ0v) is 17.0. The van der Waals surface area contributed by atoms with Crippen LogP contribution in [0.25, 0.3) is 0 Å². The summed E-state index contributed by atoms with van der Waals surface area (Å²) in [5.74, 6) is 0.294. The maximum atomic E-state index is 13.1. The Labute approximate surface area is 170 Å². The first-order valence-electron chi connectivity index (χ1n) is 8.74. The molecule has 0 spiro atoms.